The fourth-order valence-electron chi connectivity index (χ4n) is 4.02. The van der Waals surface area contributed by atoms with Crippen molar-refractivity contribution in [1.82, 2.24) is 10.2 Å². The highest BCUT2D eigenvalue weighted by Crippen LogP contribution is 2.28. The molecule has 5 heteroatoms. The fraction of sp³-hybridized carbons (Fsp3) is 0.333. The molecular weight excluding hydrogens is 439 g/mol. The molecule has 0 unspecified atom stereocenters. The number of halogens is 1. The Morgan fingerprint density at radius 3 is 1.63 bits per heavy atom. The molecule has 0 saturated carbocycles. The SMILES string of the molecule is CCCCCCCCCCOc1ccc(-c2nnc(-c3ccc(-c4ccc(F)cc4)cc3)o2)cc1. The summed E-state index contributed by atoms with van der Waals surface area (Å²) >= 11 is 0. The van der Waals surface area contributed by atoms with E-state index in [1.807, 2.05) is 48.5 Å². The first-order chi connectivity index (χ1) is 17.2. The van der Waals surface area contributed by atoms with Gasteiger partial charge in [0.2, 0.25) is 11.8 Å². The second kappa shape index (κ2) is 12.8. The topological polar surface area (TPSA) is 48.2 Å². The minimum Gasteiger partial charge on any atom is -0.494 e. The van der Waals surface area contributed by atoms with Crippen LogP contribution >= 0.6 is 0 Å². The van der Waals surface area contributed by atoms with E-state index in [0.717, 1.165) is 41.0 Å². The van der Waals surface area contributed by atoms with Gasteiger partial charge in [-0.1, -0.05) is 76.1 Å². The van der Waals surface area contributed by atoms with Crippen LogP contribution in [0.25, 0.3) is 34.0 Å². The van der Waals surface area contributed by atoms with Crippen molar-refractivity contribution in [2.24, 2.45) is 0 Å². The second-order valence-corrected chi connectivity index (χ2v) is 8.84. The van der Waals surface area contributed by atoms with Gasteiger partial charge in [0.05, 0.1) is 6.61 Å². The number of aromatic nitrogens is 2. The van der Waals surface area contributed by atoms with E-state index in [-0.39, 0.29) is 5.82 Å². The molecule has 3 aromatic carbocycles. The van der Waals surface area contributed by atoms with Crippen molar-refractivity contribution in [2.75, 3.05) is 6.61 Å². The molecule has 0 aliphatic heterocycles. The van der Waals surface area contributed by atoms with Gasteiger partial charge in [0.1, 0.15) is 11.6 Å². The quantitative estimate of drug-likeness (QED) is 0.183. The highest BCUT2D eigenvalue weighted by Gasteiger charge is 2.11. The van der Waals surface area contributed by atoms with Crippen molar-refractivity contribution in [3.63, 3.8) is 0 Å². The predicted molar refractivity (Wildman–Crippen MR) is 139 cm³/mol. The van der Waals surface area contributed by atoms with Gasteiger partial charge in [0.15, 0.2) is 0 Å². The van der Waals surface area contributed by atoms with E-state index in [1.165, 1.54) is 57.1 Å². The second-order valence-electron chi connectivity index (χ2n) is 8.84. The minimum atomic E-state index is -0.244. The molecule has 0 bridgehead atoms. The first-order valence-corrected chi connectivity index (χ1v) is 12.7. The normalized spacial score (nSPS) is 11.0. The molecule has 0 spiro atoms. The standard InChI is InChI=1S/C30H33FN2O2/c1-2-3-4-5-6-7-8-9-22-34-28-20-16-26(17-21-28)30-33-32-29(35-30)25-12-10-23(11-13-25)24-14-18-27(31)19-15-24/h10-21H,2-9,22H2,1H3. The Labute approximate surface area is 207 Å². The van der Waals surface area contributed by atoms with Crippen molar-refractivity contribution in [2.45, 2.75) is 58.3 Å². The summed E-state index contributed by atoms with van der Waals surface area (Å²) in [5.74, 6) is 1.54. The number of unbranched alkanes of at least 4 members (excludes halogenated alkanes) is 7. The Bertz CT molecular complexity index is 1150. The highest BCUT2D eigenvalue weighted by molar-refractivity contribution is 5.67. The van der Waals surface area contributed by atoms with Gasteiger partial charge in [-0.3, -0.25) is 0 Å². The Kier molecular flexibility index (Phi) is 9.04. The summed E-state index contributed by atoms with van der Waals surface area (Å²) in [5.41, 5.74) is 3.64. The summed E-state index contributed by atoms with van der Waals surface area (Å²) in [7, 11) is 0. The minimum absolute atomic E-state index is 0.244. The van der Waals surface area contributed by atoms with E-state index in [4.69, 9.17) is 9.15 Å². The monoisotopic (exact) mass is 472 g/mol. The van der Waals surface area contributed by atoms with Crippen LogP contribution in [0.15, 0.2) is 77.2 Å². The maximum absolute atomic E-state index is 13.2. The zero-order valence-corrected chi connectivity index (χ0v) is 20.4. The van der Waals surface area contributed by atoms with Gasteiger partial charge >= 0.3 is 0 Å². The van der Waals surface area contributed by atoms with Crippen molar-refractivity contribution in [3.8, 4) is 39.8 Å². The van der Waals surface area contributed by atoms with Crippen molar-refractivity contribution in [1.29, 1.82) is 0 Å². The van der Waals surface area contributed by atoms with Crippen LogP contribution in [-0.4, -0.2) is 16.8 Å². The molecular formula is C30H33FN2O2. The van der Waals surface area contributed by atoms with Crippen LogP contribution in [0.2, 0.25) is 0 Å². The number of rotatable bonds is 13. The summed E-state index contributed by atoms with van der Waals surface area (Å²) in [4.78, 5) is 0. The molecule has 1 aromatic heterocycles. The molecule has 0 aliphatic carbocycles. The van der Waals surface area contributed by atoms with Gasteiger partial charge in [0, 0.05) is 11.1 Å². The lowest BCUT2D eigenvalue weighted by Gasteiger charge is -2.06. The third kappa shape index (κ3) is 7.25. The van der Waals surface area contributed by atoms with Gasteiger partial charge in [-0.05, 0) is 66.1 Å². The molecule has 0 fully saturated rings. The maximum atomic E-state index is 13.2. The molecule has 0 radical (unpaired) electrons. The molecule has 0 aliphatic rings. The molecule has 4 nitrogen and oxygen atoms in total. The molecule has 0 N–H and O–H groups in total. The van der Waals surface area contributed by atoms with Gasteiger partial charge in [-0.15, -0.1) is 10.2 Å². The summed E-state index contributed by atoms with van der Waals surface area (Å²) in [6, 6.07) is 22.0. The lowest BCUT2D eigenvalue weighted by molar-refractivity contribution is 0.304. The molecule has 182 valence electrons. The average molecular weight is 473 g/mol. The molecule has 0 saturated heterocycles. The smallest absolute Gasteiger partial charge is 0.248 e. The molecule has 0 atom stereocenters. The first kappa shape index (κ1) is 24.6. The van der Waals surface area contributed by atoms with Crippen LogP contribution in [0.5, 0.6) is 5.75 Å². The van der Waals surface area contributed by atoms with Gasteiger partial charge in [-0.2, -0.15) is 0 Å². The number of hydrogen-bond donors (Lipinski definition) is 0. The number of benzene rings is 3. The molecule has 35 heavy (non-hydrogen) atoms. The van der Waals surface area contributed by atoms with Crippen LogP contribution < -0.4 is 4.74 Å². The van der Waals surface area contributed by atoms with Gasteiger partial charge in [-0.25, -0.2) is 4.39 Å². The van der Waals surface area contributed by atoms with Crippen molar-refractivity contribution < 1.29 is 13.5 Å². The lowest BCUT2D eigenvalue weighted by Crippen LogP contribution is -1.97. The number of nitrogens with zero attached hydrogens (tertiary/aromatic N) is 2. The van der Waals surface area contributed by atoms with Crippen LogP contribution in [0, 0.1) is 5.82 Å². The van der Waals surface area contributed by atoms with E-state index in [1.54, 1.807) is 12.1 Å². The average Bonchev–Trinajstić information content (AvgIpc) is 3.39. The fourth-order valence-corrected chi connectivity index (χ4v) is 4.02. The van der Waals surface area contributed by atoms with Gasteiger partial charge in [0.25, 0.3) is 0 Å². The van der Waals surface area contributed by atoms with E-state index in [2.05, 4.69) is 17.1 Å². The Hall–Kier alpha value is -3.47. The van der Waals surface area contributed by atoms with Gasteiger partial charge < -0.3 is 9.15 Å². The highest BCUT2D eigenvalue weighted by atomic mass is 19.1. The van der Waals surface area contributed by atoms with Crippen molar-refractivity contribution >= 4 is 0 Å². The third-order valence-electron chi connectivity index (χ3n) is 6.10. The van der Waals surface area contributed by atoms with E-state index >= 15 is 0 Å². The lowest BCUT2D eigenvalue weighted by atomic mass is 10.0. The number of hydrogen-bond acceptors (Lipinski definition) is 4. The maximum Gasteiger partial charge on any atom is 0.248 e. The van der Waals surface area contributed by atoms with Crippen molar-refractivity contribution in [3.05, 3.63) is 78.6 Å². The number of ether oxygens (including phenoxy) is 1. The summed E-state index contributed by atoms with van der Waals surface area (Å²) in [6.07, 6.45) is 10.3. The summed E-state index contributed by atoms with van der Waals surface area (Å²) in [6.45, 7) is 2.99. The van der Waals surface area contributed by atoms with Crippen LogP contribution in [-0.2, 0) is 0 Å². The molecule has 0 amide bonds. The largest absolute Gasteiger partial charge is 0.494 e. The third-order valence-corrected chi connectivity index (χ3v) is 6.10. The van der Waals surface area contributed by atoms with E-state index in [9.17, 15) is 4.39 Å². The van der Waals surface area contributed by atoms with E-state index < -0.39 is 0 Å². The van der Waals surface area contributed by atoms with Crippen LogP contribution in [0.4, 0.5) is 4.39 Å². The summed E-state index contributed by atoms with van der Waals surface area (Å²) in [5, 5.41) is 8.41. The van der Waals surface area contributed by atoms with Crippen LogP contribution in [0.1, 0.15) is 58.3 Å². The predicted octanol–water partition coefficient (Wildman–Crippen LogP) is 8.73. The summed E-state index contributed by atoms with van der Waals surface area (Å²) < 4.78 is 24.9. The zero-order chi connectivity index (χ0) is 24.3. The van der Waals surface area contributed by atoms with Crippen LogP contribution in [0.3, 0.4) is 0 Å². The molecule has 1 heterocycles. The Morgan fingerprint density at radius 2 is 1.06 bits per heavy atom. The molecule has 4 rings (SSSR count). The first-order valence-electron chi connectivity index (χ1n) is 12.7. The zero-order valence-electron chi connectivity index (χ0n) is 20.4. The Morgan fingerprint density at radius 1 is 0.600 bits per heavy atom. The van der Waals surface area contributed by atoms with E-state index in [0.29, 0.717) is 11.8 Å². The molecule has 4 aromatic rings. The Balaban J connectivity index is 1.26.